The van der Waals surface area contributed by atoms with E-state index in [1.54, 1.807) is 0 Å². The number of esters is 1. The molecular formula is C16H26O7S. The summed E-state index contributed by atoms with van der Waals surface area (Å²) >= 11 is 0. The number of hydrogen-bond acceptors (Lipinski definition) is 7. The topological polar surface area (TPSA) is 88.1 Å². The molecule has 3 fully saturated rings. The van der Waals surface area contributed by atoms with Crippen LogP contribution in [0.1, 0.15) is 47.5 Å². The zero-order valence-electron chi connectivity index (χ0n) is 14.7. The van der Waals surface area contributed by atoms with Crippen LogP contribution in [0.3, 0.4) is 0 Å². The molecule has 3 rings (SSSR count). The fraction of sp³-hybridized carbons (Fsp3) is 0.938. The molecule has 138 valence electrons. The van der Waals surface area contributed by atoms with Gasteiger partial charge in [-0.15, -0.1) is 0 Å². The molecule has 24 heavy (non-hydrogen) atoms. The largest absolute Gasteiger partial charge is 0.435 e. The summed E-state index contributed by atoms with van der Waals surface area (Å²) in [6, 6.07) is 0. The summed E-state index contributed by atoms with van der Waals surface area (Å²) < 4.78 is 46.4. The van der Waals surface area contributed by atoms with Gasteiger partial charge in [0.15, 0.2) is 0 Å². The minimum absolute atomic E-state index is 0.0745. The van der Waals surface area contributed by atoms with E-state index in [0.717, 1.165) is 0 Å². The van der Waals surface area contributed by atoms with Gasteiger partial charge in [-0.1, -0.05) is 20.8 Å². The first-order chi connectivity index (χ1) is 11.1. The second kappa shape index (κ2) is 5.93. The van der Waals surface area contributed by atoms with E-state index in [9.17, 15) is 13.2 Å². The minimum Gasteiger partial charge on any atom is -0.435 e. The van der Waals surface area contributed by atoms with Gasteiger partial charge in [-0.3, -0.25) is 8.98 Å². The van der Waals surface area contributed by atoms with Gasteiger partial charge in [-0.2, -0.15) is 8.42 Å². The highest BCUT2D eigenvalue weighted by Crippen LogP contribution is 2.48. The van der Waals surface area contributed by atoms with Crippen LogP contribution >= 0.6 is 0 Å². The molecule has 0 saturated carbocycles. The van der Waals surface area contributed by atoms with Crippen molar-refractivity contribution in [2.45, 2.75) is 83.4 Å². The van der Waals surface area contributed by atoms with Crippen LogP contribution < -0.4 is 0 Å². The molecule has 6 atom stereocenters. The van der Waals surface area contributed by atoms with Crippen molar-refractivity contribution in [3.8, 4) is 0 Å². The third-order valence-corrected chi connectivity index (χ3v) is 6.98. The molecule has 0 aliphatic carbocycles. The first-order valence-electron chi connectivity index (χ1n) is 8.51. The van der Waals surface area contributed by atoms with E-state index in [1.165, 1.54) is 0 Å². The molecule has 0 aromatic heterocycles. The monoisotopic (exact) mass is 362 g/mol. The van der Waals surface area contributed by atoms with Crippen LogP contribution in [0.25, 0.3) is 0 Å². The number of hydrogen-bond donors (Lipinski definition) is 0. The summed E-state index contributed by atoms with van der Waals surface area (Å²) in [6.45, 7) is 9.35. The Kier molecular flexibility index (Phi) is 4.47. The lowest BCUT2D eigenvalue weighted by molar-refractivity contribution is -0.220. The van der Waals surface area contributed by atoms with E-state index in [4.69, 9.17) is 18.4 Å². The van der Waals surface area contributed by atoms with Crippen molar-refractivity contribution >= 4 is 16.1 Å². The molecule has 0 aromatic carbocycles. The SMILES string of the molecule is CCC(C)(C)C(=O)OC(OC1C2CC3C(O2)C1OS3(=O)=O)C(C)C. The molecule has 2 bridgehead atoms. The standard InChI is InChI=1S/C16H26O7S/c1-6-16(4,5)15(17)22-14(8(2)3)21-11-9-7-10-12(20-9)13(11)23-24(10,18)19/h8-14H,6-7H2,1-5H3. The quantitative estimate of drug-likeness (QED) is 0.403. The predicted octanol–water partition coefficient (Wildman–Crippen LogP) is 1.60. The van der Waals surface area contributed by atoms with Crippen molar-refractivity contribution in [3.05, 3.63) is 0 Å². The Balaban J connectivity index is 1.71. The fourth-order valence-electron chi connectivity index (χ4n) is 3.28. The molecular weight excluding hydrogens is 336 g/mol. The lowest BCUT2D eigenvalue weighted by atomic mass is 9.90. The molecule has 0 radical (unpaired) electrons. The molecule has 0 aromatic rings. The Bertz CT molecular complexity index is 612. The van der Waals surface area contributed by atoms with Crippen LogP contribution in [0.5, 0.6) is 0 Å². The van der Waals surface area contributed by atoms with E-state index < -0.39 is 45.4 Å². The molecule has 0 spiro atoms. The van der Waals surface area contributed by atoms with Crippen molar-refractivity contribution in [3.63, 3.8) is 0 Å². The summed E-state index contributed by atoms with van der Waals surface area (Å²) in [5, 5.41) is -0.591. The van der Waals surface area contributed by atoms with Gasteiger partial charge in [0.25, 0.3) is 10.1 Å². The molecule has 0 N–H and O–H groups in total. The van der Waals surface area contributed by atoms with Gasteiger partial charge in [0.1, 0.15) is 23.6 Å². The third kappa shape index (κ3) is 2.87. The predicted molar refractivity (Wildman–Crippen MR) is 84.5 cm³/mol. The normalized spacial score (nSPS) is 37.8. The van der Waals surface area contributed by atoms with Crippen LogP contribution in [0.15, 0.2) is 0 Å². The van der Waals surface area contributed by atoms with E-state index in [0.29, 0.717) is 12.8 Å². The van der Waals surface area contributed by atoms with Gasteiger partial charge >= 0.3 is 5.97 Å². The lowest BCUT2D eigenvalue weighted by Crippen LogP contribution is -2.45. The highest BCUT2D eigenvalue weighted by Gasteiger charge is 2.66. The maximum Gasteiger partial charge on any atom is 0.313 e. The molecule has 3 heterocycles. The Hall–Kier alpha value is -0.700. The molecule has 3 saturated heterocycles. The van der Waals surface area contributed by atoms with Gasteiger partial charge in [0.2, 0.25) is 6.29 Å². The van der Waals surface area contributed by atoms with Crippen molar-refractivity contribution < 1.29 is 31.6 Å². The first kappa shape index (κ1) is 18.1. The van der Waals surface area contributed by atoms with Gasteiger partial charge in [0, 0.05) is 5.92 Å². The lowest BCUT2D eigenvalue weighted by Gasteiger charge is -2.31. The van der Waals surface area contributed by atoms with Crippen LogP contribution in [-0.4, -0.2) is 50.3 Å². The van der Waals surface area contributed by atoms with Gasteiger partial charge in [0.05, 0.1) is 11.5 Å². The first-order valence-corrected chi connectivity index (χ1v) is 9.98. The number of carbonyl (C=O) groups is 1. The van der Waals surface area contributed by atoms with Crippen molar-refractivity contribution in [2.75, 3.05) is 0 Å². The van der Waals surface area contributed by atoms with Crippen LogP contribution in [-0.2, 0) is 33.3 Å². The number of fused-ring (bicyclic) bond motifs is 1. The van der Waals surface area contributed by atoms with Crippen molar-refractivity contribution in [2.24, 2.45) is 11.3 Å². The van der Waals surface area contributed by atoms with Gasteiger partial charge in [-0.25, -0.2) is 0 Å². The number of carbonyl (C=O) groups excluding carboxylic acids is 1. The van der Waals surface area contributed by atoms with Crippen LogP contribution in [0, 0.1) is 11.3 Å². The summed E-state index contributed by atoms with van der Waals surface area (Å²) in [7, 11) is -3.58. The average Bonchev–Trinajstić information content (AvgIpc) is 3.09. The Morgan fingerprint density at radius 3 is 2.54 bits per heavy atom. The maximum absolute atomic E-state index is 12.3. The van der Waals surface area contributed by atoms with E-state index >= 15 is 0 Å². The maximum atomic E-state index is 12.3. The summed E-state index contributed by atoms with van der Waals surface area (Å²) in [4.78, 5) is 12.3. The fourth-order valence-corrected chi connectivity index (χ4v) is 4.92. The minimum atomic E-state index is -3.58. The molecule has 3 aliphatic rings. The van der Waals surface area contributed by atoms with Crippen molar-refractivity contribution in [1.29, 1.82) is 0 Å². The highest BCUT2D eigenvalue weighted by atomic mass is 32.2. The van der Waals surface area contributed by atoms with E-state index in [1.807, 2.05) is 34.6 Å². The van der Waals surface area contributed by atoms with Gasteiger partial charge < -0.3 is 14.2 Å². The summed E-state index contributed by atoms with van der Waals surface area (Å²) in [5.74, 6) is -0.403. The second-order valence-electron chi connectivity index (χ2n) is 7.82. The van der Waals surface area contributed by atoms with Crippen LogP contribution in [0.4, 0.5) is 0 Å². The smallest absolute Gasteiger partial charge is 0.313 e. The van der Waals surface area contributed by atoms with Gasteiger partial charge in [-0.05, 0) is 26.7 Å². The van der Waals surface area contributed by atoms with Crippen LogP contribution in [0.2, 0.25) is 0 Å². The number of ether oxygens (including phenoxy) is 3. The molecule has 3 aliphatic heterocycles. The van der Waals surface area contributed by atoms with E-state index in [2.05, 4.69) is 0 Å². The van der Waals surface area contributed by atoms with Crippen molar-refractivity contribution in [1.82, 2.24) is 0 Å². The molecule has 6 unspecified atom stereocenters. The Morgan fingerprint density at radius 1 is 1.29 bits per heavy atom. The number of rotatable bonds is 6. The average molecular weight is 362 g/mol. The summed E-state index contributed by atoms with van der Waals surface area (Å²) in [6.07, 6.45) is -1.72. The molecule has 0 amide bonds. The zero-order valence-corrected chi connectivity index (χ0v) is 15.5. The highest BCUT2D eigenvalue weighted by molar-refractivity contribution is 7.87. The molecule has 7 nitrogen and oxygen atoms in total. The third-order valence-electron chi connectivity index (χ3n) is 5.29. The summed E-state index contributed by atoms with van der Waals surface area (Å²) in [5.41, 5.74) is -0.597. The Morgan fingerprint density at radius 2 is 1.96 bits per heavy atom. The molecule has 8 heteroatoms. The zero-order chi connectivity index (χ0) is 17.9. The second-order valence-corrected chi connectivity index (χ2v) is 9.61. The Labute approximate surface area is 143 Å². The van der Waals surface area contributed by atoms with E-state index in [-0.39, 0.29) is 18.0 Å².